The molecule has 5 N–H and O–H groups in total. The van der Waals surface area contributed by atoms with E-state index in [1.807, 2.05) is 0 Å². The fraction of sp³-hybridized carbons (Fsp3) is 0.778. The van der Waals surface area contributed by atoms with Gasteiger partial charge in [-0.25, -0.2) is 0 Å². The van der Waals surface area contributed by atoms with E-state index in [4.69, 9.17) is 19.7 Å². The topological polar surface area (TPSA) is 120 Å². The Bertz CT molecular complexity index is 232. The molecule has 0 spiro atoms. The van der Waals surface area contributed by atoms with Crippen molar-refractivity contribution in [1.29, 1.82) is 0 Å². The second-order valence-electron chi connectivity index (χ2n) is 3.46. The number of aliphatic hydroxyl groups is 5. The summed E-state index contributed by atoms with van der Waals surface area (Å²) in [5.74, 6) is 0. The standard InChI is InChI=1S/C9H16O7/c1-2-5(11)16-9-8(14)7(13)6(12)4(3-10)15-9/h2,4-14H,1,3H2/t4-,5?,6-,7+,8-,9?/m1/s1. The highest BCUT2D eigenvalue weighted by Gasteiger charge is 2.44. The van der Waals surface area contributed by atoms with Gasteiger partial charge in [0.15, 0.2) is 12.6 Å². The van der Waals surface area contributed by atoms with Crippen molar-refractivity contribution >= 4 is 0 Å². The molecule has 2 unspecified atom stereocenters. The highest BCUT2D eigenvalue weighted by molar-refractivity contribution is 4.89. The molecule has 1 rings (SSSR count). The minimum atomic E-state index is -1.52. The fourth-order valence-electron chi connectivity index (χ4n) is 1.37. The summed E-state index contributed by atoms with van der Waals surface area (Å²) in [5.41, 5.74) is 0. The molecular weight excluding hydrogens is 220 g/mol. The van der Waals surface area contributed by atoms with Gasteiger partial charge in [-0.05, 0) is 6.08 Å². The Kier molecular flexibility index (Phi) is 4.81. The molecular formula is C9H16O7. The fourth-order valence-corrected chi connectivity index (χ4v) is 1.37. The van der Waals surface area contributed by atoms with Gasteiger partial charge in [-0.2, -0.15) is 0 Å². The summed E-state index contributed by atoms with van der Waals surface area (Å²) in [6.07, 6.45) is -7.20. The second-order valence-corrected chi connectivity index (χ2v) is 3.46. The van der Waals surface area contributed by atoms with Crippen LogP contribution >= 0.6 is 0 Å². The summed E-state index contributed by atoms with van der Waals surface area (Å²) in [6, 6.07) is 0. The van der Waals surface area contributed by atoms with Crippen LogP contribution in [0.1, 0.15) is 0 Å². The summed E-state index contributed by atoms with van der Waals surface area (Å²) >= 11 is 0. The molecule has 7 nitrogen and oxygen atoms in total. The van der Waals surface area contributed by atoms with E-state index in [-0.39, 0.29) is 0 Å². The van der Waals surface area contributed by atoms with Crippen LogP contribution in [-0.4, -0.2) is 69.1 Å². The lowest BCUT2D eigenvalue weighted by atomic mass is 9.99. The van der Waals surface area contributed by atoms with Crippen molar-refractivity contribution in [3.63, 3.8) is 0 Å². The molecule has 1 saturated heterocycles. The normalized spacial score (nSPS) is 41.7. The lowest BCUT2D eigenvalue weighted by molar-refractivity contribution is -0.324. The van der Waals surface area contributed by atoms with Crippen LogP contribution in [-0.2, 0) is 9.47 Å². The van der Waals surface area contributed by atoms with Crippen molar-refractivity contribution in [2.75, 3.05) is 6.61 Å². The Morgan fingerprint density at radius 1 is 1.25 bits per heavy atom. The SMILES string of the molecule is C=CC(O)OC1O[C@H](CO)[C@@H](O)[C@H](O)[C@H]1O. The molecule has 0 amide bonds. The maximum Gasteiger partial charge on any atom is 0.190 e. The molecule has 0 aromatic carbocycles. The molecule has 1 aliphatic rings. The molecule has 16 heavy (non-hydrogen) atoms. The minimum absolute atomic E-state index is 0.547. The zero-order valence-corrected chi connectivity index (χ0v) is 8.51. The highest BCUT2D eigenvalue weighted by Crippen LogP contribution is 2.22. The first-order valence-electron chi connectivity index (χ1n) is 4.77. The number of ether oxygens (including phenoxy) is 2. The van der Waals surface area contributed by atoms with Crippen molar-refractivity contribution in [3.8, 4) is 0 Å². The van der Waals surface area contributed by atoms with Crippen LogP contribution in [0.2, 0.25) is 0 Å². The van der Waals surface area contributed by atoms with Crippen molar-refractivity contribution < 1.29 is 35.0 Å². The van der Waals surface area contributed by atoms with E-state index < -0.39 is 43.6 Å². The largest absolute Gasteiger partial charge is 0.394 e. The molecule has 94 valence electrons. The minimum Gasteiger partial charge on any atom is -0.394 e. The van der Waals surface area contributed by atoms with Crippen molar-refractivity contribution in [3.05, 3.63) is 12.7 Å². The van der Waals surface area contributed by atoms with Crippen LogP contribution in [0.4, 0.5) is 0 Å². The van der Waals surface area contributed by atoms with Gasteiger partial charge in [0.1, 0.15) is 24.4 Å². The van der Waals surface area contributed by atoms with Crippen LogP contribution in [0.3, 0.4) is 0 Å². The Morgan fingerprint density at radius 2 is 1.88 bits per heavy atom. The summed E-state index contributed by atoms with van der Waals surface area (Å²) in [7, 11) is 0. The Hall–Kier alpha value is -0.540. The van der Waals surface area contributed by atoms with Crippen molar-refractivity contribution in [2.24, 2.45) is 0 Å². The Morgan fingerprint density at radius 3 is 2.38 bits per heavy atom. The highest BCUT2D eigenvalue weighted by atomic mass is 16.7. The molecule has 0 radical (unpaired) electrons. The van der Waals surface area contributed by atoms with Gasteiger partial charge in [-0.15, -0.1) is 0 Å². The Labute approximate surface area is 92.2 Å². The van der Waals surface area contributed by atoms with E-state index >= 15 is 0 Å². The molecule has 1 fully saturated rings. The molecule has 1 aliphatic heterocycles. The lowest BCUT2D eigenvalue weighted by Gasteiger charge is -2.39. The van der Waals surface area contributed by atoms with E-state index in [1.54, 1.807) is 0 Å². The molecule has 0 aromatic heterocycles. The first-order valence-corrected chi connectivity index (χ1v) is 4.77. The van der Waals surface area contributed by atoms with Gasteiger partial charge in [-0.3, -0.25) is 0 Å². The summed E-state index contributed by atoms with van der Waals surface area (Å²) in [4.78, 5) is 0. The maximum absolute atomic E-state index is 9.48. The predicted molar refractivity (Wildman–Crippen MR) is 51.1 cm³/mol. The van der Waals surface area contributed by atoms with Crippen LogP contribution in [0.5, 0.6) is 0 Å². The zero-order valence-electron chi connectivity index (χ0n) is 8.51. The van der Waals surface area contributed by atoms with Gasteiger partial charge in [0.2, 0.25) is 0 Å². The van der Waals surface area contributed by atoms with Crippen LogP contribution in [0.25, 0.3) is 0 Å². The maximum atomic E-state index is 9.48. The molecule has 1 heterocycles. The molecule has 7 heteroatoms. The van der Waals surface area contributed by atoms with E-state index in [2.05, 4.69) is 6.58 Å². The van der Waals surface area contributed by atoms with Crippen LogP contribution in [0.15, 0.2) is 12.7 Å². The van der Waals surface area contributed by atoms with Gasteiger partial charge in [0.25, 0.3) is 0 Å². The summed E-state index contributed by atoms with van der Waals surface area (Å²) < 4.78 is 9.75. The first kappa shape index (κ1) is 13.5. The van der Waals surface area contributed by atoms with Gasteiger partial charge in [0, 0.05) is 0 Å². The molecule has 0 aromatic rings. The van der Waals surface area contributed by atoms with Gasteiger partial charge >= 0.3 is 0 Å². The van der Waals surface area contributed by atoms with E-state index in [9.17, 15) is 15.3 Å². The third kappa shape index (κ3) is 2.77. The van der Waals surface area contributed by atoms with Crippen LogP contribution in [0, 0.1) is 0 Å². The quantitative estimate of drug-likeness (QED) is 0.266. The molecule has 0 bridgehead atoms. The number of hydrogen-bond donors (Lipinski definition) is 5. The molecule has 0 aliphatic carbocycles. The lowest BCUT2D eigenvalue weighted by Crippen LogP contribution is -2.59. The predicted octanol–water partition coefficient (Wildman–Crippen LogP) is -2.69. The Balaban J connectivity index is 2.66. The van der Waals surface area contributed by atoms with Crippen LogP contribution < -0.4 is 0 Å². The van der Waals surface area contributed by atoms with Crippen molar-refractivity contribution in [1.82, 2.24) is 0 Å². The number of aliphatic hydroxyl groups excluding tert-OH is 5. The first-order chi connectivity index (χ1) is 7.51. The number of rotatable bonds is 4. The second kappa shape index (κ2) is 5.69. The average Bonchev–Trinajstić information content (AvgIpc) is 2.29. The number of hydrogen-bond acceptors (Lipinski definition) is 7. The van der Waals surface area contributed by atoms with Gasteiger partial charge < -0.3 is 35.0 Å². The smallest absolute Gasteiger partial charge is 0.190 e. The summed E-state index contributed by atoms with van der Waals surface area (Å²) in [6.45, 7) is 2.70. The van der Waals surface area contributed by atoms with Crippen molar-refractivity contribution in [2.45, 2.75) is 37.0 Å². The molecule has 0 saturated carbocycles. The third-order valence-electron chi connectivity index (χ3n) is 2.32. The van der Waals surface area contributed by atoms with E-state index in [0.29, 0.717) is 0 Å². The van der Waals surface area contributed by atoms with Gasteiger partial charge in [0.05, 0.1) is 6.61 Å². The monoisotopic (exact) mass is 236 g/mol. The zero-order chi connectivity index (χ0) is 12.3. The van der Waals surface area contributed by atoms with Gasteiger partial charge in [-0.1, -0.05) is 6.58 Å². The molecule has 6 atom stereocenters. The van der Waals surface area contributed by atoms with E-state index in [0.717, 1.165) is 6.08 Å². The van der Waals surface area contributed by atoms with E-state index in [1.165, 1.54) is 0 Å². The average molecular weight is 236 g/mol. The third-order valence-corrected chi connectivity index (χ3v) is 2.32. The summed E-state index contributed by atoms with van der Waals surface area (Å²) in [5, 5.41) is 46.2.